The molecule has 2 aromatic rings. The molecule has 0 atom stereocenters. The average molecular weight is 291 g/mol. The smallest absolute Gasteiger partial charge is 0.224 e. The Kier molecular flexibility index (Phi) is 4.45. The van der Waals surface area contributed by atoms with E-state index in [1.807, 2.05) is 30.3 Å². The van der Waals surface area contributed by atoms with Crippen LogP contribution in [0.3, 0.4) is 0 Å². The maximum absolute atomic E-state index is 6.12. The van der Waals surface area contributed by atoms with E-state index < -0.39 is 0 Å². The van der Waals surface area contributed by atoms with Gasteiger partial charge in [0.2, 0.25) is 5.95 Å². The molecule has 5 heteroatoms. The lowest BCUT2D eigenvalue weighted by Crippen LogP contribution is -2.20. The van der Waals surface area contributed by atoms with Crippen molar-refractivity contribution in [2.75, 3.05) is 17.2 Å². The zero-order chi connectivity index (χ0) is 14.6. The predicted molar refractivity (Wildman–Crippen MR) is 84.7 cm³/mol. The number of anilines is 3. The van der Waals surface area contributed by atoms with Gasteiger partial charge in [0.05, 0.1) is 6.20 Å². The van der Waals surface area contributed by atoms with Gasteiger partial charge in [0.25, 0.3) is 0 Å². The number of benzene rings is 1. The van der Waals surface area contributed by atoms with Crippen LogP contribution in [0.15, 0.2) is 36.5 Å². The quantitative estimate of drug-likeness (QED) is 0.880. The molecule has 20 heavy (non-hydrogen) atoms. The highest BCUT2D eigenvalue weighted by Crippen LogP contribution is 2.24. The highest BCUT2D eigenvalue weighted by molar-refractivity contribution is 6.32. The lowest BCUT2D eigenvalue weighted by Gasteiger charge is -2.19. The molecule has 0 aliphatic carbocycles. The summed E-state index contributed by atoms with van der Waals surface area (Å²) in [6.07, 6.45) is 1.60. The Morgan fingerprint density at radius 2 is 1.85 bits per heavy atom. The topological polar surface area (TPSA) is 49.8 Å². The number of hydrogen-bond donors (Lipinski definition) is 2. The van der Waals surface area contributed by atoms with Crippen molar-refractivity contribution >= 4 is 29.1 Å². The molecule has 2 N–H and O–H groups in total. The Balaban J connectivity index is 2.13. The molecule has 0 bridgehead atoms. The van der Waals surface area contributed by atoms with Crippen molar-refractivity contribution in [1.29, 1.82) is 0 Å². The SMILES string of the molecule is CC(C)(C)CNc1ncc(Cl)c(Nc2ccccc2)n1. The minimum absolute atomic E-state index is 0.163. The summed E-state index contributed by atoms with van der Waals surface area (Å²) in [6, 6.07) is 9.79. The zero-order valence-corrected chi connectivity index (χ0v) is 12.7. The van der Waals surface area contributed by atoms with E-state index >= 15 is 0 Å². The van der Waals surface area contributed by atoms with E-state index in [2.05, 4.69) is 41.4 Å². The predicted octanol–water partition coefficient (Wildman–Crippen LogP) is 4.33. The molecule has 106 valence electrons. The fourth-order valence-electron chi connectivity index (χ4n) is 1.54. The van der Waals surface area contributed by atoms with Gasteiger partial charge in [-0.05, 0) is 17.5 Å². The van der Waals surface area contributed by atoms with Crippen LogP contribution in [0, 0.1) is 5.41 Å². The number of aromatic nitrogens is 2. The summed E-state index contributed by atoms with van der Waals surface area (Å²) in [7, 11) is 0. The molecule has 0 unspecified atom stereocenters. The van der Waals surface area contributed by atoms with Gasteiger partial charge < -0.3 is 10.6 Å². The van der Waals surface area contributed by atoms with Crippen LogP contribution in [0.2, 0.25) is 5.02 Å². The van der Waals surface area contributed by atoms with E-state index in [0.29, 0.717) is 16.8 Å². The minimum atomic E-state index is 0.163. The molecular formula is C15H19ClN4. The highest BCUT2D eigenvalue weighted by atomic mass is 35.5. The number of nitrogens with zero attached hydrogens (tertiary/aromatic N) is 2. The van der Waals surface area contributed by atoms with E-state index in [0.717, 1.165) is 12.2 Å². The number of rotatable bonds is 4. The fraction of sp³-hybridized carbons (Fsp3) is 0.333. The van der Waals surface area contributed by atoms with Crippen molar-refractivity contribution in [3.05, 3.63) is 41.6 Å². The largest absolute Gasteiger partial charge is 0.354 e. The Morgan fingerprint density at radius 1 is 1.15 bits per heavy atom. The van der Waals surface area contributed by atoms with E-state index in [9.17, 15) is 0 Å². The molecule has 1 heterocycles. The molecule has 0 saturated heterocycles. The van der Waals surface area contributed by atoms with Crippen LogP contribution in [-0.2, 0) is 0 Å². The molecule has 0 saturated carbocycles. The fourth-order valence-corrected chi connectivity index (χ4v) is 1.68. The maximum atomic E-state index is 6.12. The van der Waals surface area contributed by atoms with Crippen LogP contribution < -0.4 is 10.6 Å². The van der Waals surface area contributed by atoms with Crippen LogP contribution in [-0.4, -0.2) is 16.5 Å². The molecule has 0 radical (unpaired) electrons. The summed E-state index contributed by atoms with van der Waals surface area (Å²) in [6.45, 7) is 7.25. The van der Waals surface area contributed by atoms with Gasteiger partial charge in [0, 0.05) is 12.2 Å². The summed E-state index contributed by atoms with van der Waals surface area (Å²) >= 11 is 6.12. The third-order valence-corrected chi connectivity index (χ3v) is 2.83. The molecule has 0 fully saturated rings. The molecule has 0 spiro atoms. The first-order valence-corrected chi connectivity index (χ1v) is 6.90. The third-order valence-electron chi connectivity index (χ3n) is 2.56. The minimum Gasteiger partial charge on any atom is -0.354 e. The first kappa shape index (κ1) is 14.6. The number of halogens is 1. The van der Waals surface area contributed by atoms with Crippen LogP contribution in [0.5, 0.6) is 0 Å². The van der Waals surface area contributed by atoms with Crippen LogP contribution in [0.25, 0.3) is 0 Å². The summed E-state index contributed by atoms with van der Waals surface area (Å²) in [5, 5.41) is 6.90. The number of hydrogen-bond acceptors (Lipinski definition) is 4. The standard InChI is InChI=1S/C15H19ClN4/c1-15(2,3)10-18-14-17-9-12(16)13(20-14)19-11-7-5-4-6-8-11/h4-9H,10H2,1-3H3,(H2,17,18,19,20). The van der Waals surface area contributed by atoms with Gasteiger partial charge in [0.1, 0.15) is 5.02 Å². The second kappa shape index (κ2) is 6.09. The lowest BCUT2D eigenvalue weighted by molar-refractivity contribution is 0.442. The van der Waals surface area contributed by atoms with Crippen molar-refractivity contribution in [2.24, 2.45) is 5.41 Å². The van der Waals surface area contributed by atoms with Gasteiger partial charge in [-0.25, -0.2) is 4.98 Å². The highest BCUT2D eigenvalue weighted by Gasteiger charge is 2.11. The second-order valence-electron chi connectivity index (χ2n) is 5.80. The van der Waals surface area contributed by atoms with Gasteiger partial charge in [-0.2, -0.15) is 4.98 Å². The normalized spacial score (nSPS) is 11.2. The molecule has 0 amide bonds. The van der Waals surface area contributed by atoms with Gasteiger partial charge in [0.15, 0.2) is 5.82 Å². The van der Waals surface area contributed by atoms with E-state index in [4.69, 9.17) is 11.6 Å². The number of nitrogens with one attached hydrogen (secondary N) is 2. The molecule has 0 aliphatic heterocycles. The van der Waals surface area contributed by atoms with Crippen LogP contribution >= 0.6 is 11.6 Å². The molecule has 2 rings (SSSR count). The average Bonchev–Trinajstić information content (AvgIpc) is 2.40. The van der Waals surface area contributed by atoms with Crippen molar-refractivity contribution in [2.45, 2.75) is 20.8 Å². The number of para-hydroxylation sites is 1. The van der Waals surface area contributed by atoms with Crippen molar-refractivity contribution in [3.63, 3.8) is 0 Å². The van der Waals surface area contributed by atoms with Gasteiger partial charge >= 0.3 is 0 Å². The summed E-state index contributed by atoms with van der Waals surface area (Å²) in [4.78, 5) is 8.59. The summed E-state index contributed by atoms with van der Waals surface area (Å²) in [5.74, 6) is 1.17. The molecule has 0 aliphatic rings. The van der Waals surface area contributed by atoms with Crippen LogP contribution in [0.1, 0.15) is 20.8 Å². The first-order valence-electron chi connectivity index (χ1n) is 6.52. The summed E-state index contributed by atoms with van der Waals surface area (Å²) in [5.41, 5.74) is 1.10. The second-order valence-corrected chi connectivity index (χ2v) is 6.20. The lowest BCUT2D eigenvalue weighted by atomic mass is 9.97. The maximum Gasteiger partial charge on any atom is 0.224 e. The van der Waals surface area contributed by atoms with Crippen LogP contribution in [0.4, 0.5) is 17.5 Å². The Bertz CT molecular complexity index is 564. The van der Waals surface area contributed by atoms with Gasteiger partial charge in [-0.3, -0.25) is 0 Å². The first-order chi connectivity index (χ1) is 9.44. The van der Waals surface area contributed by atoms with Gasteiger partial charge in [-0.1, -0.05) is 50.6 Å². The Morgan fingerprint density at radius 3 is 2.50 bits per heavy atom. The molecule has 1 aromatic heterocycles. The van der Waals surface area contributed by atoms with E-state index in [-0.39, 0.29) is 5.41 Å². The molecule has 1 aromatic carbocycles. The molecular weight excluding hydrogens is 272 g/mol. The van der Waals surface area contributed by atoms with Crippen molar-refractivity contribution < 1.29 is 0 Å². The zero-order valence-electron chi connectivity index (χ0n) is 11.9. The van der Waals surface area contributed by atoms with E-state index in [1.54, 1.807) is 6.20 Å². The van der Waals surface area contributed by atoms with Gasteiger partial charge in [-0.15, -0.1) is 0 Å². The van der Waals surface area contributed by atoms with Crippen molar-refractivity contribution in [3.8, 4) is 0 Å². The third kappa shape index (κ3) is 4.38. The van der Waals surface area contributed by atoms with E-state index in [1.165, 1.54) is 0 Å². The Labute approximate surface area is 124 Å². The monoisotopic (exact) mass is 290 g/mol. The molecule has 4 nitrogen and oxygen atoms in total. The van der Waals surface area contributed by atoms with Crippen molar-refractivity contribution in [1.82, 2.24) is 9.97 Å². The Hall–Kier alpha value is -1.81. The summed E-state index contributed by atoms with van der Waals surface area (Å²) < 4.78 is 0.